The van der Waals surface area contributed by atoms with Crippen molar-refractivity contribution < 1.29 is 13.9 Å². The van der Waals surface area contributed by atoms with Gasteiger partial charge in [-0.1, -0.05) is 0 Å². The zero-order valence-electron chi connectivity index (χ0n) is 11.6. The Morgan fingerprint density at radius 2 is 2.19 bits per heavy atom. The predicted molar refractivity (Wildman–Crippen MR) is 77.7 cm³/mol. The van der Waals surface area contributed by atoms with E-state index in [1.54, 1.807) is 13.1 Å². The number of benzene rings is 1. The van der Waals surface area contributed by atoms with Gasteiger partial charge in [0.05, 0.1) is 11.8 Å². The van der Waals surface area contributed by atoms with E-state index in [9.17, 15) is 13.9 Å². The average Bonchev–Trinajstić information content (AvgIpc) is 2.80. The molecule has 6 heteroatoms. The molecule has 0 saturated carbocycles. The number of aliphatic hydroxyl groups excluding tert-OH is 1. The van der Waals surface area contributed by atoms with Crippen molar-refractivity contribution in [3.05, 3.63) is 51.6 Å². The van der Waals surface area contributed by atoms with Gasteiger partial charge in [-0.25, -0.2) is 8.78 Å². The maximum Gasteiger partial charge on any atom is 0.177 e. The lowest BCUT2D eigenvalue weighted by atomic mass is 9.87. The lowest BCUT2D eigenvalue weighted by Crippen LogP contribution is -2.19. The molecule has 0 radical (unpaired) electrons. The quantitative estimate of drug-likeness (QED) is 0.832. The van der Waals surface area contributed by atoms with Crippen LogP contribution in [0.2, 0.25) is 0 Å². The van der Waals surface area contributed by atoms with Gasteiger partial charge in [0, 0.05) is 18.3 Å². The monoisotopic (exact) mass is 310 g/mol. The molecule has 2 atom stereocenters. The first kappa shape index (κ1) is 14.4. The molecule has 3 nitrogen and oxygen atoms in total. The third-order valence-electron chi connectivity index (χ3n) is 4.04. The van der Waals surface area contributed by atoms with Crippen molar-refractivity contribution >= 4 is 12.2 Å². The molecule has 0 fully saturated rings. The van der Waals surface area contributed by atoms with Gasteiger partial charge in [-0.15, -0.1) is 0 Å². The molecule has 2 N–H and O–H groups in total. The van der Waals surface area contributed by atoms with Gasteiger partial charge >= 0.3 is 0 Å². The van der Waals surface area contributed by atoms with Gasteiger partial charge < -0.3 is 14.7 Å². The number of halogens is 2. The first-order valence-corrected chi connectivity index (χ1v) is 7.32. The summed E-state index contributed by atoms with van der Waals surface area (Å²) in [7, 11) is 0. The molecule has 2 aromatic rings. The fraction of sp³-hybridized carbons (Fsp3) is 0.400. The Kier molecular flexibility index (Phi) is 3.67. The Labute approximate surface area is 126 Å². The normalized spacial score (nSPS) is 19.3. The van der Waals surface area contributed by atoms with Gasteiger partial charge in [0.25, 0.3) is 0 Å². The second kappa shape index (κ2) is 5.35. The molecular formula is C15H16F2N2OS. The molecule has 21 heavy (non-hydrogen) atoms. The molecular weight excluding hydrogens is 294 g/mol. The van der Waals surface area contributed by atoms with Crippen LogP contribution in [-0.4, -0.2) is 14.7 Å². The molecule has 1 heterocycles. The van der Waals surface area contributed by atoms with Crippen LogP contribution >= 0.6 is 12.2 Å². The number of H-pyrrole nitrogens is 1. The zero-order valence-corrected chi connectivity index (χ0v) is 12.4. The Morgan fingerprint density at radius 1 is 1.43 bits per heavy atom. The Bertz CT molecular complexity index is 736. The summed E-state index contributed by atoms with van der Waals surface area (Å²) >= 11 is 5.27. The topological polar surface area (TPSA) is 41.0 Å². The molecule has 1 aromatic heterocycles. The number of rotatable bonds is 2. The van der Waals surface area contributed by atoms with Crippen molar-refractivity contribution in [3.8, 4) is 0 Å². The van der Waals surface area contributed by atoms with Crippen molar-refractivity contribution in [2.75, 3.05) is 0 Å². The van der Waals surface area contributed by atoms with Gasteiger partial charge in [0.15, 0.2) is 4.77 Å². The fourth-order valence-electron chi connectivity index (χ4n) is 2.94. The lowest BCUT2D eigenvalue weighted by Gasteiger charge is -2.26. The van der Waals surface area contributed by atoms with Crippen LogP contribution in [0.15, 0.2) is 18.3 Å². The largest absolute Gasteiger partial charge is 0.387 e. The zero-order chi connectivity index (χ0) is 15.1. The number of imidazole rings is 1. The van der Waals surface area contributed by atoms with Crippen LogP contribution in [-0.2, 0) is 12.8 Å². The molecule has 112 valence electrons. The molecule has 1 aromatic carbocycles. The molecule has 0 spiro atoms. The van der Waals surface area contributed by atoms with Gasteiger partial charge in [-0.2, -0.15) is 0 Å². The highest BCUT2D eigenvalue weighted by Gasteiger charge is 2.24. The number of aromatic nitrogens is 2. The molecule has 1 aliphatic carbocycles. The van der Waals surface area contributed by atoms with Crippen molar-refractivity contribution in [3.63, 3.8) is 0 Å². The first-order chi connectivity index (χ1) is 9.95. The van der Waals surface area contributed by atoms with E-state index in [1.165, 1.54) is 6.07 Å². The molecule has 1 unspecified atom stereocenters. The van der Waals surface area contributed by atoms with Crippen LogP contribution in [0.25, 0.3) is 0 Å². The number of nitrogens with zero attached hydrogens (tertiary/aromatic N) is 1. The Morgan fingerprint density at radius 3 is 2.86 bits per heavy atom. The maximum atomic E-state index is 13.7. The summed E-state index contributed by atoms with van der Waals surface area (Å²) in [5, 5.41) is 9.60. The van der Waals surface area contributed by atoms with E-state index in [0.29, 0.717) is 34.4 Å². The van der Waals surface area contributed by atoms with Crippen molar-refractivity contribution in [1.82, 2.24) is 9.55 Å². The highest BCUT2D eigenvalue weighted by atomic mass is 32.1. The highest BCUT2D eigenvalue weighted by Crippen LogP contribution is 2.32. The number of fused-ring (bicyclic) bond motifs is 1. The molecule has 3 rings (SSSR count). The predicted octanol–water partition coefficient (Wildman–Crippen LogP) is 3.61. The second-order valence-electron chi connectivity index (χ2n) is 5.52. The minimum Gasteiger partial charge on any atom is -0.387 e. The molecule has 0 aliphatic heterocycles. The van der Waals surface area contributed by atoms with Crippen LogP contribution in [0.4, 0.5) is 8.78 Å². The van der Waals surface area contributed by atoms with Gasteiger partial charge in [0.1, 0.15) is 11.6 Å². The fourth-order valence-corrected chi connectivity index (χ4v) is 3.26. The van der Waals surface area contributed by atoms with Gasteiger partial charge in [-0.3, -0.25) is 0 Å². The summed E-state index contributed by atoms with van der Waals surface area (Å²) in [4.78, 5) is 2.97. The number of hydrogen-bond acceptors (Lipinski definition) is 2. The molecule has 0 amide bonds. The summed E-state index contributed by atoms with van der Waals surface area (Å²) in [6, 6.07) is 2.39. The van der Waals surface area contributed by atoms with Crippen LogP contribution in [0.3, 0.4) is 0 Å². The summed E-state index contributed by atoms with van der Waals surface area (Å²) in [6.07, 6.45) is 3.00. The van der Waals surface area contributed by atoms with E-state index in [0.717, 1.165) is 12.5 Å². The van der Waals surface area contributed by atoms with Gasteiger partial charge in [-0.05, 0) is 55.6 Å². The lowest BCUT2D eigenvalue weighted by molar-refractivity contribution is 0.194. The standard InChI is InChI=1S/C15H16F2N2OS/c1-8(20)14-7-19(15(21)18-14)11-2-3-12-9(5-11)4-10(16)6-13(12)17/h4,6-8,11,20H,2-3,5H2,1H3,(H,18,21)/t8-,11?/m0/s1. The third kappa shape index (κ3) is 2.65. The Balaban J connectivity index is 1.95. The number of nitrogens with one attached hydrogen (secondary N) is 1. The number of hydrogen-bond donors (Lipinski definition) is 2. The molecule has 0 bridgehead atoms. The average molecular weight is 310 g/mol. The van der Waals surface area contributed by atoms with E-state index >= 15 is 0 Å². The SMILES string of the molecule is C[C@H](O)c1cn(C2CCc3c(F)cc(F)cc3C2)c(=S)[nH]1. The molecule has 1 aliphatic rings. The molecule has 0 saturated heterocycles. The van der Waals surface area contributed by atoms with Crippen LogP contribution in [0, 0.1) is 16.4 Å². The summed E-state index contributed by atoms with van der Waals surface area (Å²) in [6.45, 7) is 1.66. The second-order valence-corrected chi connectivity index (χ2v) is 5.91. The van der Waals surface area contributed by atoms with Crippen LogP contribution in [0.1, 0.15) is 42.3 Å². The van der Waals surface area contributed by atoms with Crippen molar-refractivity contribution in [1.29, 1.82) is 0 Å². The maximum absolute atomic E-state index is 13.7. The van der Waals surface area contributed by atoms with Crippen LogP contribution < -0.4 is 0 Å². The Hall–Kier alpha value is -1.53. The van der Waals surface area contributed by atoms with Crippen LogP contribution in [0.5, 0.6) is 0 Å². The summed E-state index contributed by atoms with van der Waals surface area (Å²) in [5.41, 5.74) is 1.95. The van der Waals surface area contributed by atoms with E-state index in [-0.39, 0.29) is 6.04 Å². The summed E-state index contributed by atoms with van der Waals surface area (Å²) < 4.78 is 29.5. The minimum absolute atomic E-state index is 0.0509. The smallest absolute Gasteiger partial charge is 0.177 e. The highest BCUT2D eigenvalue weighted by molar-refractivity contribution is 7.71. The van der Waals surface area contributed by atoms with Gasteiger partial charge in [0.2, 0.25) is 0 Å². The van der Waals surface area contributed by atoms with Crippen molar-refractivity contribution in [2.45, 2.75) is 38.3 Å². The van der Waals surface area contributed by atoms with E-state index in [4.69, 9.17) is 12.2 Å². The third-order valence-corrected chi connectivity index (χ3v) is 4.36. The number of aromatic amines is 1. The van der Waals surface area contributed by atoms with E-state index < -0.39 is 17.7 Å². The number of aliphatic hydroxyl groups is 1. The van der Waals surface area contributed by atoms with Crippen molar-refractivity contribution in [2.24, 2.45) is 0 Å². The first-order valence-electron chi connectivity index (χ1n) is 6.91. The van der Waals surface area contributed by atoms with E-state index in [1.807, 2.05) is 4.57 Å². The van der Waals surface area contributed by atoms with E-state index in [2.05, 4.69) is 4.98 Å². The minimum atomic E-state index is -0.626. The summed E-state index contributed by atoms with van der Waals surface area (Å²) in [5.74, 6) is -1.01.